The summed E-state index contributed by atoms with van der Waals surface area (Å²) < 4.78 is 0. The molecule has 0 saturated heterocycles. The van der Waals surface area contributed by atoms with Crippen molar-refractivity contribution < 1.29 is 9.59 Å². The maximum absolute atomic E-state index is 12.7. The van der Waals surface area contributed by atoms with Gasteiger partial charge in [0.25, 0.3) is 5.91 Å². The molecule has 0 fully saturated rings. The van der Waals surface area contributed by atoms with Crippen molar-refractivity contribution in [1.29, 1.82) is 0 Å². The molecule has 3 nitrogen and oxygen atoms in total. The van der Waals surface area contributed by atoms with Crippen molar-refractivity contribution in [2.24, 2.45) is 0 Å². The number of carbonyl (C=O) groups is 2. The van der Waals surface area contributed by atoms with Crippen LogP contribution in [0.15, 0.2) is 60.7 Å². The second-order valence-corrected chi connectivity index (χ2v) is 7.23. The van der Waals surface area contributed by atoms with Crippen LogP contribution in [0.25, 0.3) is 11.1 Å². The standard InChI is InChI=1S/C22H15Cl2NO2/c23-14-6-7-17(18(24)12-14)22(27)25-19-10-8-15(13-4-2-1-3-5-13)16-9-11-20(26)21(16)19/h1-8,10,12H,9,11H2,(H,25,27). The van der Waals surface area contributed by atoms with E-state index in [1.54, 1.807) is 18.2 Å². The molecule has 0 heterocycles. The molecule has 0 aliphatic heterocycles. The third-order valence-corrected chi connectivity index (χ3v) is 5.25. The number of halogens is 2. The van der Waals surface area contributed by atoms with Crippen molar-refractivity contribution >= 4 is 40.6 Å². The normalized spacial score (nSPS) is 12.7. The third kappa shape index (κ3) is 3.36. The van der Waals surface area contributed by atoms with Gasteiger partial charge in [-0.05, 0) is 47.4 Å². The highest BCUT2D eigenvalue weighted by atomic mass is 35.5. The Morgan fingerprint density at radius 3 is 2.44 bits per heavy atom. The third-order valence-electron chi connectivity index (χ3n) is 4.70. The molecule has 5 heteroatoms. The van der Waals surface area contributed by atoms with E-state index in [0.29, 0.717) is 34.7 Å². The predicted molar refractivity (Wildman–Crippen MR) is 109 cm³/mol. The molecule has 3 aromatic rings. The van der Waals surface area contributed by atoms with Crippen LogP contribution < -0.4 is 5.32 Å². The van der Waals surface area contributed by atoms with E-state index < -0.39 is 0 Å². The van der Waals surface area contributed by atoms with Crippen LogP contribution in [-0.2, 0) is 6.42 Å². The first-order chi connectivity index (χ1) is 13.0. The van der Waals surface area contributed by atoms with Gasteiger partial charge in [0.05, 0.1) is 16.3 Å². The van der Waals surface area contributed by atoms with Crippen molar-refractivity contribution in [2.45, 2.75) is 12.8 Å². The van der Waals surface area contributed by atoms with E-state index in [-0.39, 0.29) is 16.7 Å². The van der Waals surface area contributed by atoms with Gasteiger partial charge in [-0.2, -0.15) is 0 Å². The average molecular weight is 396 g/mol. The minimum Gasteiger partial charge on any atom is -0.321 e. The second-order valence-electron chi connectivity index (χ2n) is 6.38. The Balaban J connectivity index is 1.73. The first-order valence-electron chi connectivity index (χ1n) is 8.55. The summed E-state index contributed by atoms with van der Waals surface area (Å²) in [6, 6.07) is 18.4. The molecule has 0 unspecified atom stereocenters. The van der Waals surface area contributed by atoms with Crippen LogP contribution in [0, 0.1) is 0 Å². The minimum atomic E-state index is -0.369. The lowest BCUT2D eigenvalue weighted by molar-refractivity contribution is 0.0995. The largest absolute Gasteiger partial charge is 0.321 e. The number of nitrogens with one attached hydrogen (secondary N) is 1. The molecule has 0 aromatic heterocycles. The monoisotopic (exact) mass is 395 g/mol. The number of Topliss-reactive ketones (excluding diaryl/α,β-unsaturated/α-hetero) is 1. The van der Waals surface area contributed by atoms with E-state index in [4.69, 9.17) is 23.2 Å². The maximum atomic E-state index is 12.7. The number of carbonyl (C=O) groups excluding carboxylic acids is 2. The molecule has 3 aromatic carbocycles. The van der Waals surface area contributed by atoms with Crippen LogP contribution in [0.4, 0.5) is 5.69 Å². The van der Waals surface area contributed by atoms with E-state index in [2.05, 4.69) is 5.32 Å². The number of fused-ring (bicyclic) bond motifs is 1. The summed E-state index contributed by atoms with van der Waals surface area (Å²) in [5.41, 5.74) is 4.48. The lowest BCUT2D eigenvalue weighted by atomic mass is 9.95. The Morgan fingerprint density at radius 2 is 1.70 bits per heavy atom. The van der Waals surface area contributed by atoms with Gasteiger partial charge in [-0.3, -0.25) is 9.59 Å². The Kier molecular flexibility index (Phi) is 4.73. The Hall–Kier alpha value is -2.62. The molecular formula is C22H15Cl2NO2. The van der Waals surface area contributed by atoms with E-state index in [0.717, 1.165) is 16.7 Å². The highest BCUT2D eigenvalue weighted by Crippen LogP contribution is 2.37. The quantitative estimate of drug-likeness (QED) is 0.587. The predicted octanol–water partition coefficient (Wildman–Crippen LogP) is 6.04. The molecular weight excluding hydrogens is 381 g/mol. The topological polar surface area (TPSA) is 46.2 Å². The van der Waals surface area contributed by atoms with Gasteiger partial charge < -0.3 is 5.32 Å². The zero-order valence-corrected chi connectivity index (χ0v) is 15.8. The lowest BCUT2D eigenvalue weighted by Gasteiger charge is -2.14. The summed E-state index contributed by atoms with van der Waals surface area (Å²) in [7, 11) is 0. The number of rotatable bonds is 3. The zero-order valence-electron chi connectivity index (χ0n) is 14.3. The second kappa shape index (κ2) is 7.18. The average Bonchev–Trinajstić information content (AvgIpc) is 3.05. The number of anilines is 1. The first-order valence-corrected chi connectivity index (χ1v) is 9.31. The van der Waals surface area contributed by atoms with Crippen molar-refractivity contribution in [3.05, 3.63) is 87.4 Å². The first kappa shape index (κ1) is 17.8. The van der Waals surface area contributed by atoms with Crippen LogP contribution in [0.1, 0.15) is 32.7 Å². The Bertz CT molecular complexity index is 1060. The number of hydrogen-bond acceptors (Lipinski definition) is 2. The van der Waals surface area contributed by atoms with Gasteiger partial charge in [-0.15, -0.1) is 0 Å². The van der Waals surface area contributed by atoms with Crippen molar-refractivity contribution in [1.82, 2.24) is 0 Å². The Labute approximate surface area is 166 Å². The maximum Gasteiger partial charge on any atom is 0.257 e. The molecule has 27 heavy (non-hydrogen) atoms. The van der Waals surface area contributed by atoms with Gasteiger partial charge in [0, 0.05) is 17.0 Å². The zero-order chi connectivity index (χ0) is 19.0. The van der Waals surface area contributed by atoms with Crippen LogP contribution >= 0.6 is 23.2 Å². The molecule has 134 valence electrons. The number of benzene rings is 3. The molecule has 4 rings (SSSR count). The van der Waals surface area contributed by atoms with Gasteiger partial charge >= 0.3 is 0 Å². The van der Waals surface area contributed by atoms with E-state index >= 15 is 0 Å². The summed E-state index contributed by atoms with van der Waals surface area (Å²) in [6.45, 7) is 0. The van der Waals surface area contributed by atoms with Crippen LogP contribution in [0.3, 0.4) is 0 Å². The highest BCUT2D eigenvalue weighted by Gasteiger charge is 2.27. The van der Waals surface area contributed by atoms with Gasteiger partial charge in [0.2, 0.25) is 0 Å². The summed E-state index contributed by atoms with van der Waals surface area (Å²) in [6.07, 6.45) is 1.12. The fraction of sp³-hybridized carbons (Fsp3) is 0.0909. The van der Waals surface area contributed by atoms with Crippen LogP contribution in [0.2, 0.25) is 10.0 Å². The van der Waals surface area contributed by atoms with Gasteiger partial charge in [-0.1, -0.05) is 59.6 Å². The van der Waals surface area contributed by atoms with Gasteiger partial charge in [0.1, 0.15) is 0 Å². The number of amides is 1. The highest BCUT2D eigenvalue weighted by molar-refractivity contribution is 6.37. The summed E-state index contributed by atoms with van der Waals surface area (Å²) in [5, 5.41) is 3.57. The SMILES string of the molecule is O=C(Nc1ccc(-c2ccccc2)c2c1C(=O)CC2)c1ccc(Cl)cc1Cl. The molecule has 0 saturated carbocycles. The smallest absolute Gasteiger partial charge is 0.257 e. The molecule has 1 aliphatic carbocycles. The van der Waals surface area contributed by atoms with Crippen molar-refractivity contribution in [2.75, 3.05) is 5.32 Å². The molecule has 0 bridgehead atoms. The molecule has 1 aliphatic rings. The molecule has 0 spiro atoms. The number of hydrogen-bond donors (Lipinski definition) is 1. The van der Waals surface area contributed by atoms with Gasteiger partial charge in [0.15, 0.2) is 5.78 Å². The molecule has 0 radical (unpaired) electrons. The van der Waals surface area contributed by atoms with Crippen LogP contribution in [-0.4, -0.2) is 11.7 Å². The van der Waals surface area contributed by atoms with E-state index in [9.17, 15) is 9.59 Å². The Morgan fingerprint density at radius 1 is 0.926 bits per heavy atom. The van der Waals surface area contributed by atoms with Crippen molar-refractivity contribution in [3.63, 3.8) is 0 Å². The van der Waals surface area contributed by atoms with E-state index in [1.807, 2.05) is 36.4 Å². The van der Waals surface area contributed by atoms with Crippen LogP contribution in [0.5, 0.6) is 0 Å². The molecule has 1 amide bonds. The summed E-state index contributed by atoms with van der Waals surface area (Å²) in [4.78, 5) is 25.2. The number of ketones is 1. The van der Waals surface area contributed by atoms with Gasteiger partial charge in [-0.25, -0.2) is 0 Å². The summed E-state index contributed by atoms with van der Waals surface area (Å²) in [5.74, 6) is -0.327. The minimum absolute atomic E-state index is 0.0419. The fourth-order valence-electron chi connectivity index (χ4n) is 3.45. The molecule has 0 atom stereocenters. The summed E-state index contributed by atoms with van der Waals surface area (Å²) >= 11 is 12.0. The van der Waals surface area contributed by atoms with E-state index in [1.165, 1.54) is 6.07 Å². The molecule has 1 N–H and O–H groups in total. The lowest BCUT2D eigenvalue weighted by Crippen LogP contribution is -2.15. The van der Waals surface area contributed by atoms with Crippen molar-refractivity contribution in [3.8, 4) is 11.1 Å². The fourth-order valence-corrected chi connectivity index (χ4v) is 3.94.